The van der Waals surface area contributed by atoms with Crippen LogP contribution in [-0.2, 0) is 30.7 Å². The number of nitrogens with zero attached hydrogens (tertiary/aromatic N) is 1. The fourth-order valence-corrected chi connectivity index (χ4v) is 7.34. The van der Waals surface area contributed by atoms with E-state index in [0.29, 0.717) is 36.4 Å². The molecule has 0 radical (unpaired) electrons. The number of ether oxygens (including phenoxy) is 3. The van der Waals surface area contributed by atoms with Gasteiger partial charge in [-0.2, -0.15) is 0 Å². The monoisotopic (exact) mass is 545 g/mol. The molecule has 2 fully saturated rings. The number of piperidine rings is 1. The highest BCUT2D eigenvalue weighted by Crippen LogP contribution is 2.31. The minimum absolute atomic E-state index is 0.233. The number of methoxy groups -OCH3 is 1. The highest BCUT2D eigenvalue weighted by Gasteiger charge is 2.38. The summed E-state index contributed by atoms with van der Waals surface area (Å²) in [6, 6.07) is 11.1. The lowest BCUT2D eigenvalue weighted by Crippen LogP contribution is -2.49. The molecule has 2 unspecified atom stereocenters. The third-order valence-electron chi connectivity index (χ3n) is 7.12. The number of carbonyl (C=O) groups excluding carboxylic acids is 1. The zero-order valence-electron chi connectivity index (χ0n) is 22.5. The van der Waals surface area contributed by atoms with E-state index in [0.717, 1.165) is 50.4 Å². The summed E-state index contributed by atoms with van der Waals surface area (Å²) < 4.78 is 44.4. The van der Waals surface area contributed by atoms with E-state index in [2.05, 4.69) is 15.5 Å². The van der Waals surface area contributed by atoms with Crippen molar-refractivity contribution in [3.05, 3.63) is 53.1 Å². The number of nitrogens with one attached hydrogen (secondary N) is 2. The topological polar surface area (TPSA) is 106 Å². The van der Waals surface area contributed by atoms with E-state index in [9.17, 15) is 13.2 Å². The fourth-order valence-electron chi connectivity index (χ4n) is 5.18. The second-order valence-electron chi connectivity index (χ2n) is 9.91. The maximum Gasteiger partial charge on any atom is 0.246 e. The van der Waals surface area contributed by atoms with Gasteiger partial charge in [0.2, 0.25) is 15.7 Å². The lowest BCUT2D eigenvalue weighted by atomic mass is 10.1. The minimum atomic E-state index is -3.90. The van der Waals surface area contributed by atoms with Crippen molar-refractivity contribution in [1.82, 2.24) is 10.6 Å². The molecule has 4 rings (SSSR count). The summed E-state index contributed by atoms with van der Waals surface area (Å²) in [5.74, 6) is 0.242. The third-order valence-corrected chi connectivity index (χ3v) is 9.41. The van der Waals surface area contributed by atoms with Gasteiger partial charge in [0.15, 0.2) is 5.44 Å². The van der Waals surface area contributed by atoms with E-state index < -0.39 is 21.3 Å². The molecule has 2 N–H and O–H groups in total. The van der Waals surface area contributed by atoms with Gasteiger partial charge < -0.3 is 29.7 Å². The van der Waals surface area contributed by atoms with Crippen molar-refractivity contribution in [1.29, 1.82) is 0 Å². The number of rotatable bonds is 10. The second kappa shape index (κ2) is 12.9. The molecule has 1 amide bonds. The Labute approximate surface area is 225 Å². The molecule has 0 bridgehead atoms. The summed E-state index contributed by atoms with van der Waals surface area (Å²) in [6.07, 6.45) is 2.55. The van der Waals surface area contributed by atoms with E-state index in [4.69, 9.17) is 14.2 Å². The lowest BCUT2D eigenvalue weighted by Gasteiger charge is -2.31. The van der Waals surface area contributed by atoms with Gasteiger partial charge in [-0.05, 0) is 74.2 Å². The SMILES string of the molecule is COc1cc(C)c(S(=O)(=O)C(OCC(=O)NCc2ccc(N3CCOCC3)cc2)C2CCCCN2)c(C)c1. The molecule has 2 aromatic rings. The Hall–Kier alpha value is -2.66. The number of morpholine rings is 1. The molecule has 2 aromatic carbocycles. The van der Waals surface area contributed by atoms with Gasteiger partial charge in [-0.25, -0.2) is 8.42 Å². The zero-order chi connectivity index (χ0) is 27.1. The average molecular weight is 546 g/mol. The predicted octanol–water partition coefficient (Wildman–Crippen LogP) is 2.72. The molecule has 2 heterocycles. The first-order chi connectivity index (χ1) is 18.3. The maximum absolute atomic E-state index is 13.9. The Morgan fingerprint density at radius 1 is 1.13 bits per heavy atom. The van der Waals surface area contributed by atoms with Crippen LogP contribution in [0.4, 0.5) is 5.69 Å². The van der Waals surface area contributed by atoms with Gasteiger partial charge in [0.05, 0.1) is 25.2 Å². The Balaban J connectivity index is 1.41. The van der Waals surface area contributed by atoms with Crippen molar-refractivity contribution in [3.63, 3.8) is 0 Å². The number of aryl methyl sites for hydroxylation is 2. The molecule has 0 spiro atoms. The first-order valence-corrected chi connectivity index (χ1v) is 14.8. The van der Waals surface area contributed by atoms with Crippen molar-refractivity contribution >= 4 is 21.4 Å². The summed E-state index contributed by atoms with van der Waals surface area (Å²) in [7, 11) is -2.35. The van der Waals surface area contributed by atoms with Gasteiger partial charge in [0, 0.05) is 31.4 Å². The number of anilines is 1. The zero-order valence-corrected chi connectivity index (χ0v) is 23.3. The van der Waals surface area contributed by atoms with Crippen LogP contribution in [-0.4, -0.2) is 72.4 Å². The molecule has 2 atom stereocenters. The normalized spacial score (nSPS) is 19.1. The molecule has 208 valence electrons. The first-order valence-electron chi connectivity index (χ1n) is 13.2. The van der Waals surface area contributed by atoms with E-state index in [-0.39, 0.29) is 17.4 Å². The molecule has 0 saturated carbocycles. The summed E-state index contributed by atoms with van der Waals surface area (Å²) in [5, 5.41) is 6.15. The highest BCUT2D eigenvalue weighted by molar-refractivity contribution is 7.92. The molecular formula is C28H39N3O6S. The highest BCUT2D eigenvalue weighted by atomic mass is 32.2. The van der Waals surface area contributed by atoms with Crippen molar-refractivity contribution in [2.24, 2.45) is 0 Å². The van der Waals surface area contributed by atoms with Gasteiger partial charge in [0.25, 0.3) is 0 Å². The molecule has 2 aliphatic heterocycles. The number of carbonyl (C=O) groups is 1. The van der Waals surface area contributed by atoms with E-state index in [1.807, 2.05) is 24.3 Å². The Bertz CT molecular complexity index is 1170. The van der Waals surface area contributed by atoms with Gasteiger partial charge >= 0.3 is 0 Å². The van der Waals surface area contributed by atoms with Gasteiger partial charge in [-0.3, -0.25) is 4.79 Å². The Morgan fingerprint density at radius 2 is 1.82 bits per heavy atom. The van der Waals surface area contributed by atoms with Crippen LogP contribution < -0.4 is 20.3 Å². The van der Waals surface area contributed by atoms with Crippen LogP contribution in [0.5, 0.6) is 5.75 Å². The second-order valence-corrected chi connectivity index (χ2v) is 11.9. The minimum Gasteiger partial charge on any atom is -0.497 e. The molecule has 38 heavy (non-hydrogen) atoms. The van der Waals surface area contributed by atoms with E-state index >= 15 is 0 Å². The van der Waals surface area contributed by atoms with Crippen LogP contribution >= 0.6 is 0 Å². The Kier molecular flexibility index (Phi) is 9.64. The van der Waals surface area contributed by atoms with E-state index in [1.165, 1.54) is 0 Å². The maximum atomic E-state index is 13.9. The van der Waals surface area contributed by atoms with Crippen LogP contribution in [0.25, 0.3) is 0 Å². The van der Waals surface area contributed by atoms with Crippen LogP contribution in [0.2, 0.25) is 0 Å². The standard InChI is InChI=1S/C28H39N3O6S/c1-20-16-24(35-3)17-21(2)27(20)38(33,34)28(25-6-4-5-11-29-25)37-19-26(32)30-18-22-7-9-23(10-8-22)31-12-14-36-15-13-31/h7-10,16-17,25,28-29H,4-6,11-15,18-19H2,1-3H3,(H,30,32). The molecule has 2 saturated heterocycles. The third kappa shape index (κ3) is 6.85. The summed E-state index contributed by atoms with van der Waals surface area (Å²) in [4.78, 5) is 15.2. The molecule has 0 aliphatic carbocycles. The van der Waals surface area contributed by atoms with Crippen molar-refractivity contribution in [2.75, 3.05) is 51.5 Å². The number of sulfone groups is 1. The first kappa shape index (κ1) is 28.4. The molecular weight excluding hydrogens is 506 g/mol. The largest absolute Gasteiger partial charge is 0.497 e. The van der Waals surface area contributed by atoms with Crippen LogP contribution in [0, 0.1) is 13.8 Å². The Morgan fingerprint density at radius 3 is 2.42 bits per heavy atom. The fraction of sp³-hybridized carbons (Fsp3) is 0.536. The lowest BCUT2D eigenvalue weighted by molar-refractivity contribution is -0.126. The van der Waals surface area contributed by atoms with Crippen molar-refractivity contribution in [3.8, 4) is 5.75 Å². The molecule has 2 aliphatic rings. The predicted molar refractivity (Wildman–Crippen MR) is 146 cm³/mol. The number of benzene rings is 2. The molecule has 0 aromatic heterocycles. The number of hydrogen-bond acceptors (Lipinski definition) is 8. The van der Waals surface area contributed by atoms with Crippen LogP contribution in [0.3, 0.4) is 0 Å². The van der Waals surface area contributed by atoms with Gasteiger partial charge in [-0.15, -0.1) is 0 Å². The van der Waals surface area contributed by atoms with Crippen molar-refractivity contribution in [2.45, 2.75) is 56.0 Å². The summed E-state index contributed by atoms with van der Waals surface area (Å²) in [6.45, 7) is 7.39. The average Bonchev–Trinajstić information content (AvgIpc) is 2.92. The molecule has 10 heteroatoms. The molecule has 9 nitrogen and oxygen atoms in total. The van der Waals surface area contributed by atoms with Crippen LogP contribution in [0.1, 0.15) is 36.0 Å². The van der Waals surface area contributed by atoms with Crippen LogP contribution in [0.15, 0.2) is 41.3 Å². The smallest absolute Gasteiger partial charge is 0.246 e. The van der Waals surface area contributed by atoms with E-state index in [1.54, 1.807) is 33.1 Å². The van der Waals surface area contributed by atoms with Gasteiger partial charge in [-0.1, -0.05) is 18.6 Å². The number of amides is 1. The summed E-state index contributed by atoms with van der Waals surface area (Å²) >= 11 is 0. The van der Waals surface area contributed by atoms with Crippen molar-refractivity contribution < 1.29 is 27.4 Å². The quantitative estimate of drug-likeness (QED) is 0.470. The number of hydrogen-bond donors (Lipinski definition) is 2. The van der Waals surface area contributed by atoms with Gasteiger partial charge in [0.1, 0.15) is 12.4 Å². The summed E-state index contributed by atoms with van der Waals surface area (Å²) in [5.41, 5.74) is 2.10.